The summed E-state index contributed by atoms with van der Waals surface area (Å²) in [5.41, 5.74) is 1.55. The predicted molar refractivity (Wildman–Crippen MR) is 135 cm³/mol. The Hall–Kier alpha value is -3.44. The Morgan fingerprint density at radius 3 is 2.63 bits per heavy atom. The quantitative estimate of drug-likeness (QED) is 0.242. The molecule has 0 saturated heterocycles. The molecular formula is C23H25ClN6O4S. The molecule has 0 unspecified atom stereocenters. The van der Waals surface area contributed by atoms with Crippen molar-refractivity contribution in [3.8, 4) is 0 Å². The van der Waals surface area contributed by atoms with Crippen LogP contribution in [0.1, 0.15) is 41.6 Å². The van der Waals surface area contributed by atoms with Crippen LogP contribution in [-0.2, 0) is 11.8 Å². The van der Waals surface area contributed by atoms with Gasteiger partial charge in [-0.2, -0.15) is 0 Å². The van der Waals surface area contributed by atoms with E-state index in [0.717, 1.165) is 5.56 Å². The Morgan fingerprint density at radius 2 is 1.94 bits per heavy atom. The van der Waals surface area contributed by atoms with E-state index in [4.69, 9.17) is 11.6 Å². The van der Waals surface area contributed by atoms with Gasteiger partial charge in [-0.15, -0.1) is 10.2 Å². The summed E-state index contributed by atoms with van der Waals surface area (Å²) < 4.78 is 1.72. The summed E-state index contributed by atoms with van der Waals surface area (Å²) in [5, 5.41) is 26.2. The van der Waals surface area contributed by atoms with Crippen molar-refractivity contribution in [2.24, 2.45) is 13.0 Å². The molecule has 1 aromatic heterocycles. The van der Waals surface area contributed by atoms with Crippen molar-refractivity contribution in [2.75, 3.05) is 11.1 Å². The standard InChI is InChI=1S/C23H25ClN6O4S/c1-13(2)20(26-22(32)15-6-5-7-17(10-15)30(33)34)21-27-28-23(29(21)4)35-12-19(31)25-18-11-16(24)9-8-14(18)3/h5-11,13,20H,12H2,1-4H3,(H,25,31)(H,26,32)/t20-/m0/s1. The number of aromatic nitrogens is 3. The van der Waals surface area contributed by atoms with Gasteiger partial charge < -0.3 is 15.2 Å². The van der Waals surface area contributed by atoms with Crippen LogP contribution >= 0.6 is 23.4 Å². The zero-order chi connectivity index (χ0) is 25.7. The highest BCUT2D eigenvalue weighted by molar-refractivity contribution is 7.99. The number of aryl methyl sites for hydroxylation is 1. The van der Waals surface area contributed by atoms with Crippen molar-refractivity contribution in [3.05, 3.63) is 74.6 Å². The Labute approximate surface area is 211 Å². The van der Waals surface area contributed by atoms with Gasteiger partial charge in [-0.05, 0) is 36.6 Å². The van der Waals surface area contributed by atoms with E-state index < -0.39 is 16.9 Å². The Morgan fingerprint density at radius 1 is 1.20 bits per heavy atom. The molecule has 0 aliphatic rings. The molecule has 0 spiro atoms. The highest BCUT2D eigenvalue weighted by Gasteiger charge is 2.26. The van der Waals surface area contributed by atoms with Crippen LogP contribution in [0.4, 0.5) is 11.4 Å². The highest BCUT2D eigenvalue weighted by Crippen LogP contribution is 2.26. The average molecular weight is 517 g/mol. The van der Waals surface area contributed by atoms with Crippen LogP contribution in [0.2, 0.25) is 5.02 Å². The maximum absolute atomic E-state index is 12.8. The number of anilines is 1. The van der Waals surface area contributed by atoms with Crippen LogP contribution in [0.15, 0.2) is 47.6 Å². The first-order valence-electron chi connectivity index (χ1n) is 10.7. The second-order valence-corrected chi connectivity index (χ2v) is 9.58. The van der Waals surface area contributed by atoms with E-state index in [2.05, 4.69) is 20.8 Å². The van der Waals surface area contributed by atoms with Crippen molar-refractivity contribution in [1.82, 2.24) is 20.1 Å². The number of halogens is 1. The number of thioether (sulfide) groups is 1. The fourth-order valence-electron chi connectivity index (χ4n) is 3.28. The first kappa shape index (κ1) is 26.2. The number of nitrogens with one attached hydrogen (secondary N) is 2. The van der Waals surface area contributed by atoms with E-state index in [1.54, 1.807) is 23.7 Å². The molecule has 1 heterocycles. The summed E-state index contributed by atoms with van der Waals surface area (Å²) in [7, 11) is 1.76. The molecule has 0 bridgehead atoms. The number of nitro groups is 1. The Balaban J connectivity index is 1.69. The summed E-state index contributed by atoms with van der Waals surface area (Å²) in [6.45, 7) is 5.71. The number of carbonyl (C=O) groups excluding carboxylic acids is 2. The average Bonchev–Trinajstić information content (AvgIpc) is 3.18. The lowest BCUT2D eigenvalue weighted by Crippen LogP contribution is -2.33. The zero-order valence-corrected chi connectivity index (χ0v) is 21.2. The van der Waals surface area contributed by atoms with Crippen LogP contribution in [0.25, 0.3) is 0 Å². The predicted octanol–water partition coefficient (Wildman–Crippen LogP) is 4.54. The lowest BCUT2D eigenvalue weighted by Gasteiger charge is -2.21. The van der Waals surface area contributed by atoms with Crippen molar-refractivity contribution >= 4 is 46.6 Å². The number of amides is 2. The number of nitro benzene ring substituents is 1. The number of rotatable bonds is 9. The van der Waals surface area contributed by atoms with E-state index in [0.29, 0.717) is 21.7 Å². The van der Waals surface area contributed by atoms with E-state index in [1.165, 1.54) is 36.0 Å². The molecule has 12 heteroatoms. The molecule has 3 rings (SSSR count). The molecule has 10 nitrogen and oxygen atoms in total. The van der Waals surface area contributed by atoms with Crippen molar-refractivity contribution in [2.45, 2.75) is 32.0 Å². The molecule has 184 valence electrons. The molecule has 0 fully saturated rings. The van der Waals surface area contributed by atoms with Crippen LogP contribution in [0.5, 0.6) is 0 Å². The molecule has 1 atom stereocenters. The van der Waals surface area contributed by atoms with E-state index in [9.17, 15) is 19.7 Å². The lowest BCUT2D eigenvalue weighted by molar-refractivity contribution is -0.384. The number of hydrogen-bond acceptors (Lipinski definition) is 7. The monoisotopic (exact) mass is 516 g/mol. The summed E-state index contributed by atoms with van der Waals surface area (Å²) in [6.07, 6.45) is 0. The van der Waals surface area contributed by atoms with Crippen LogP contribution in [-0.4, -0.2) is 37.3 Å². The normalized spacial score (nSPS) is 11.8. The van der Waals surface area contributed by atoms with E-state index in [-0.39, 0.29) is 28.8 Å². The van der Waals surface area contributed by atoms with Gasteiger partial charge in [0.05, 0.1) is 16.7 Å². The van der Waals surface area contributed by atoms with Gasteiger partial charge in [0.2, 0.25) is 5.91 Å². The number of hydrogen-bond donors (Lipinski definition) is 2. The molecule has 2 N–H and O–H groups in total. The summed E-state index contributed by atoms with van der Waals surface area (Å²) in [4.78, 5) is 35.7. The van der Waals surface area contributed by atoms with Gasteiger partial charge in [0.1, 0.15) is 0 Å². The number of benzene rings is 2. The van der Waals surface area contributed by atoms with Gasteiger partial charge in [-0.1, -0.05) is 49.3 Å². The minimum Gasteiger partial charge on any atom is -0.342 e. The Kier molecular flexibility index (Phi) is 8.47. The molecule has 2 aromatic carbocycles. The summed E-state index contributed by atoms with van der Waals surface area (Å²) >= 11 is 7.22. The maximum atomic E-state index is 12.8. The fourth-order valence-corrected chi connectivity index (χ4v) is 4.17. The van der Waals surface area contributed by atoms with Crippen molar-refractivity contribution in [1.29, 1.82) is 0 Å². The first-order chi connectivity index (χ1) is 16.6. The summed E-state index contributed by atoms with van der Waals surface area (Å²) in [6, 6.07) is 10.3. The van der Waals surface area contributed by atoms with Crippen LogP contribution in [0, 0.1) is 23.0 Å². The lowest BCUT2D eigenvalue weighted by atomic mass is 10.0. The van der Waals surface area contributed by atoms with Gasteiger partial charge in [0.15, 0.2) is 11.0 Å². The minimum absolute atomic E-state index is 0.0486. The maximum Gasteiger partial charge on any atom is 0.270 e. The third-order valence-electron chi connectivity index (χ3n) is 5.23. The van der Waals surface area contributed by atoms with Crippen LogP contribution in [0.3, 0.4) is 0 Å². The third kappa shape index (κ3) is 6.58. The van der Waals surface area contributed by atoms with Crippen LogP contribution < -0.4 is 10.6 Å². The SMILES string of the molecule is Cc1ccc(Cl)cc1NC(=O)CSc1nnc([C@@H](NC(=O)c2cccc([N+](=O)[O-])c2)C(C)C)n1C. The van der Waals surface area contributed by atoms with E-state index in [1.807, 2.05) is 26.8 Å². The minimum atomic E-state index is -0.549. The summed E-state index contributed by atoms with van der Waals surface area (Å²) in [5.74, 6) is -0.116. The smallest absolute Gasteiger partial charge is 0.270 e. The molecule has 0 aliphatic heterocycles. The van der Waals surface area contributed by atoms with Gasteiger partial charge in [-0.25, -0.2) is 0 Å². The molecule has 0 radical (unpaired) electrons. The highest BCUT2D eigenvalue weighted by atomic mass is 35.5. The van der Waals surface area contributed by atoms with Crippen molar-refractivity contribution < 1.29 is 14.5 Å². The molecular weight excluding hydrogens is 492 g/mol. The molecule has 35 heavy (non-hydrogen) atoms. The van der Waals surface area contributed by atoms with Gasteiger partial charge in [0.25, 0.3) is 11.6 Å². The first-order valence-corrected chi connectivity index (χ1v) is 12.1. The fraction of sp³-hybridized carbons (Fsp3) is 0.304. The number of non-ortho nitro benzene ring substituents is 1. The molecule has 3 aromatic rings. The second-order valence-electron chi connectivity index (χ2n) is 8.20. The van der Waals surface area contributed by atoms with E-state index >= 15 is 0 Å². The Bertz CT molecular complexity index is 1260. The second kappa shape index (κ2) is 11.3. The largest absolute Gasteiger partial charge is 0.342 e. The van der Waals surface area contributed by atoms with Gasteiger partial charge >= 0.3 is 0 Å². The topological polar surface area (TPSA) is 132 Å². The zero-order valence-electron chi connectivity index (χ0n) is 19.6. The third-order valence-corrected chi connectivity index (χ3v) is 6.48. The molecule has 2 amide bonds. The van der Waals surface area contributed by atoms with Crippen molar-refractivity contribution in [3.63, 3.8) is 0 Å². The molecule has 0 saturated carbocycles. The number of nitrogens with zero attached hydrogens (tertiary/aromatic N) is 4. The van der Waals surface area contributed by atoms with Gasteiger partial charge in [0, 0.05) is 35.5 Å². The van der Waals surface area contributed by atoms with Gasteiger partial charge in [-0.3, -0.25) is 19.7 Å². The molecule has 0 aliphatic carbocycles. The number of carbonyl (C=O) groups is 2.